The van der Waals surface area contributed by atoms with Gasteiger partial charge in [0, 0.05) is 37.6 Å². The first kappa shape index (κ1) is 24.3. The number of hydrogen-bond acceptors (Lipinski definition) is 12. The number of nitrogen functional groups attached to an aromatic ring is 1. The Morgan fingerprint density at radius 1 is 1.06 bits per heavy atom. The van der Waals surface area contributed by atoms with E-state index in [-0.39, 0.29) is 31.2 Å². The number of piperazine rings is 1. The molecule has 0 unspecified atom stereocenters. The number of benzene rings is 1. The minimum absolute atomic E-state index is 0. The van der Waals surface area contributed by atoms with Gasteiger partial charge in [0.25, 0.3) is 5.09 Å². The molecule has 4 heterocycles. The summed E-state index contributed by atoms with van der Waals surface area (Å²) in [5.74, 6) is 2.08. The Kier molecular flexibility index (Phi) is 6.98. The minimum Gasteiger partial charge on any atom is -0.493 e. The van der Waals surface area contributed by atoms with Crippen molar-refractivity contribution >= 4 is 35.1 Å². The average molecular weight is 499 g/mol. The normalized spacial score (nSPS) is 26.7. The summed E-state index contributed by atoms with van der Waals surface area (Å²) in [5.41, 5.74) is 6.92. The molecular weight excluding hydrogens is 472 g/mol. The van der Waals surface area contributed by atoms with E-state index in [1.807, 2.05) is 0 Å². The van der Waals surface area contributed by atoms with Crippen LogP contribution in [0, 0.1) is 10.1 Å². The zero-order valence-electron chi connectivity index (χ0n) is 18.8. The molecule has 0 bridgehead atoms. The highest BCUT2D eigenvalue weighted by atomic mass is 35.5. The topological polar surface area (TPSA) is 148 Å². The second-order valence-corrected chi connectivity index (χ2v) is 8.19. The number of anilines is 2. The van der Waals surface area contributed by atoms with E-state index >= 15 is 0 Å². The van der Waals surface area contributed by atoms with Gasteiger partial charge in [0.1, 0.15) is 18.0 Å². The van der Waals surface area contributed by atoms with E-state index < -0.39 is 17.3 Å². The first-order valence-electron chi connectivity index (χ1n) is 10.7. The van der Waals surface area contributed by atoms with Crippen LogP contribution >= 0.6 is 12.4 Å². The van der Waals surface area contributed by atoms with E-state index in [4.69, 9.17) is 34.5 Å². The van der Waals surface area contributed by atoms with Crippen molar-refractivity contribution in [1.82, 2.24) is 14.9 Å². The van der Waals surface area contributed by atoms with Crippen molar-refractivity contribution < 1.29 is 28.9 Å². The fourth-order valence-corrected chi connectivity index (χ4v) is 4.82. The Bertz CT molecular complexity index is 1050. The van der Waals surface area contributed by atoms with E-state index in [0.717, 1.165) is 13.1 Å². The molecule has 5 rings (SSSR count). The van der Waals surface area contributed by atoms with Gasteiger partial charge in [-0.2, -0.15) is 4.98 Å². The summed E-state index contributed by atoms with van der Waals surface area (Å²) < 4.78 is 22.3. The number of hydrogen-bond donors (Lipinski definition) is 1. The lowest BCUT2D eigenvalue weighted by Gasteiger charge is -2.38. The monoisotopic (exact) mass is 498 g/mol. The number of aromatic nitrogens is 2. The summed E-state index contributed by atoms with van der Waals surface area (Å²) in [6.45, 7) is 3.49. The summed E-state index contributed by atoms with van der Waals surface area (Å²) in [5, 5.41) is 10.6. The highest BCUT2D eigenvalue weighted by Crippen LogP contribution is 2.35. The molecule has 0 radical (unpaired) electrons. The molecule has 34 heavy (non-hydrogen) atoms. The van der Waals surface area contributed by atoms with E-state index in [1.54, 1.807) is 26.4 Å². The number of rotatable bonds is 6. The number of nitrogens with two attached hydrogens (primary N) is 1. The van der Waals surface area contributed by atoms with Crippen LogP contribution in [0.1, 0.15) is 0 Å². The van der Waals surface area contributed by atoms with Crippen molar-refractivity contribution in [3.63, 3.8) is 0 Å². The van der Waals surface area contributed by atoms with E-state index in [2.05, 4.69) is 14.8 Å². The Labute approximate surface area is 201 Å². The van der Waals surface area contributed by atoms with Gasteiger partial charge >= 0.3 is 0 Å². The maximum absolute atomic E-state index is 10.7. The Morgan fingerprint density at radius 3 is 2.41 bits per heavy atom. The number of fused-ring (bicyclic) bond motifs is 2. The third-order valence-corrected chi connectivity index (χ3v) is 6.49. The summed E-state index contributed by atoms with van der Waals surface area (Å²) in [6, 6.07) is 3.60. The highest BCUT2D eigenvalue weighted by Gasteiger charge is 2.51. The van der Waals surface area contributed by atoms with Crippen molar-refractivity contribution in [2.24, 2.45) is 0 Å². The lowest BCUT2D eigenvalue weighted by molar-refractivity contribution is -0.769. The van der Waals surface area contributed by atoms with Gasteiger partial charge in [-0.15, -0.1) is 22.5 Å². The number of methoxy groups -OCH3 is 2. The molecule has 1 aromatic heterocycles. The van der Waals surface area contributed by atoms with Crippen molar-refractivity contribution in [3.8, 4) is 11.5 Å². The van der Waals surface area contributed by atoms with Crippen LogP contribution in [0.5, 0.6) is 11.5 Å². The van der Waals surface area contributed by atoms with Crippen LogP contribution < -0.4 is 20.1 Å². The van der Waals surface area contributed by atoms with Gasteiger partial charge in [0.15, 0.2) is 17.6 Å². The zero-order chi connectivity index (χ0) is 23.1. The Morgan fingerprint density at radius 2 is 1.74 bits per heavy atom. The van der Waals surface area contributed by atoms with Gasteiger partial charge in [-0.25, -0.2) is 4.98 Å². The number of ether oxygens (including phenoxy) is 4. The van der Waals surface area contributed by atoms with Crippen molar-refractivity contribution in [3.05, 3.63) is 22.2 Å². The molecular formula is C20H27ClN6O7. The van der Waals surface area contributed by atoms with Crippen molar-refractivity contribution in [2.45, 2.75) is 24.4 Å². The molecule has 0 spiro atoms. The first-order valence-corrected chi connectivity index (χ1v) is 10.7. The predicted octanol–water partition coefficient (Wildman–Crippen LogP) is 0.516. The molecule has 0 aliphatic carbocycles. The average Bonchev–Trinajstić information content (AvgIpc) is 3.41. The van der Waals surface area contributed by atoms with E-state index in [0.29, 0.717) is 53.9 Å². The Balaban J connectivity index is 0.00000274. The molecule has 1 aromatic carbocycles. The second kappa shape index (κ2) is 9.78. The molecule has 2 aromatic rings. The number of nitrogens with zero attached hydrogens (tertiary/aromatic N) is 5. The third kappa shape index (κ3) is 4.31. The lowest BCUT2D eigenvalue weighted by Crippen LogP contribution is -2.54. The molecule has 186 valence electrons. The molecule has 4 atom stereocenters. The minimum atomic E-state index is -0.785. The molecule has 0 saturated carbocycles. The van der Waals surface area contributed by atoms with Crippen LogP contribution in [0.4, 0.5) is 11.8 Å². The fourth-order valence-electron chi connectivity index (χ4n) is 4.82. The predicted molar refractivity (Wildman–Crippen MR) is 123 cm³/mol. The molecule has 3 aliphatic heterocycles. The van der Waals surface area contributed by atoms with Crippen LogP contribution in [0.15, 0.2) is 12.1 Å². The van der Waals surface area contributed by atoms with Crippen LogP contribution in [0.3, 0.4) is 0 Å². The van der Waals surface area contributed by atoms with Gasteiger partial charge in [-0.3, -0.25) is 4.90 Å². The summed E-state index contributed by atoms with van der Waals surface area (Å²) >= 11 is 0. The van der Waals surface area contributed by atoms with Crippen LogP contribution in [0.25, 0.3) is 10.9 Å². The Hall–Kier alpha value is -2.87. The van der Waals surface area contributed by atoms with Crippen LogP contribution in [-0.2, 0) is 14.3 Å². The van der Waals surface area contributed by atoms with Gasteiger partial charge in [-0.1, -0.05) is 0 Å². The number of halogens is 1. The first-order chi connectivity index (χ1) is 16.0. The van der Waals surface area contributed by atoms with Gasteiger partial charge in [0.05, 0.1) is 39.0 Å². The quantitative estimate of drug-likeness (QED) is 0.437. The molecule has 0 amide bonds. The largest absolute Gasteiger partial charge is 0.493 e. The van der Waals surface area contributed by atoms with Crippen molar-refractivity contribution in [2.75, 3.05) is 64.2 Å². The van der Waals surface area contributed by atoms with Gasteiger partial charge in [0.2, 0.25) is 5.95 Å². The molecule has 13 nitrogen and oxygen atoms in total. The summed E-state index contributed by atoms with van der Waals surface area (Å²) in [7, 11) is 3.14. The lowest BCUT2D eigenvalue weighted by atomic mass is 10.1. The highest BCUT2D eigenvalue weighted by molar-refractivity contribution is 5.91. The fraction of sp³-hybridized carbons (Fsp3) is 0.600. The second-order valence-electron chi connectivity index (χ2n) is 8.19. The summed E-state index contributed by atoms with van der Waals surface area (Å²) in [6.07, 6.45) is -1.34. The molecule has 2 N–H and O–H groups in total. The third-order valence-electron chi connectivity index (χ3n) is 6.49. The smallest absolute Gasteiger partial charge is 0.294 e. The molecule has 3 fully saturated rings. The molecule has 3 aliphatic rings. The van der Waals surface area contributed by atoms with Crippen LogP contribution in [-0.4, -0.2) is 97.9 Å². The van der Waals surface area contributed by atoms with E-state index in [9.17, 15) is 10.1 Å². The van der Waals surface area contributed by atoms with Crippen LogP contribution in [0.2, 0.25) is 0 Å². The molecule has 3 saturated heterocycles. The standard InChI is InChI=1S/C20H26N6O7.ClH/c1-29-14-7-11-12(8-15(14)30-2)22-20(23-19(11)21)25-5-3-24(4-6-25)13-9-31-18-16(33-26(27)28)10-32-17(13)18;/h7-8,13,16-18H,3-6,9-10H2,1-2H3,(H2,21,22,23);1H/t13-,16-,17+,18+;/m0./s1. The zero-order valence-corrected chi connectivity index (χ0v) is 19.6. The summed E-state index contributed by atoms with van der Waals surface area (Å²) in [4.78, 5) is 29.0. The SMILES string of the molecule is COc1cc2nc(N3CCN([C@H]4CO[C@H]5[C@@H]4OC[C@@H]5O[N+](=O)[O-])CC3)nc(N)c2cc1OC.Cl. The van der Waals surface area contributed by atoms with Crippen molar-refractivity contribution in [1.29, 1.82) is 0 Å². The maximum Gasteiger partial charge on any atom is 0.294 e. The van der Waals surface area contributed by atoms with E-state index in [1.165, 1.54) is 0 Å². The maximum atomic E-state index is 10.7. The molecule has 14 heteroatoms. The van der Waals surface area contributed by atoms with Gasteiger partial charge < -0.3 is 34.4 Å². The van der Waals surface area contributed by atoms with Gasteiger partial charge in [-0.05, 0) is 6.07 Å².